The average Bonchev–Trinajstić information content (AvgIpc) is 2.64. The van der Waals surface area contributed by atoms with Gasteiger partial charge in [0.2, 0.25) is 5.91 Å². The fraction of sp³-hybridized carbons (Fsp3) is 0.556. The third-order valence-electron chi connectivity index (χ3n) is 1.96. The van der Waals surface area contributed by atoms with Gasteiger partial charge in [0.25, 0.3) is 0 Å². The summed E-state index contributed by atoms with van der Waals surface area (Å²) in [6, 6.07) is 2.09. The first-order valence-electron chi connectivity index (χ1n) is 4.44. The number of hydrogen-bond donors (Lipinski definition) is 0. The Morgan fingerprint density at radius 2 is 2.36 bits per heavy atom. The summed E-state index contributed by atoms with van der Waals surface area (Å²) >= 11 is 5.44. The maximum Gasteiger partial charge on any atom is 0.242 e. The van der Waals surface area contributed by atoms with Gasteiger partial charge in [-0.05, 0) is 13.8 Å². The summed E-state index contributed by atoms with van der Waals surface area (Å²) in [6.45, 7) is 4.06. The van der Waals surface area contributed by atoms with Crippen molar-refractivity contribution in [2.75, 3.05) is 17.8 Å². The molecule has 5 heteroatoms. The molecule has 4 nitrogen and oxygen atoms in total. The topological polar surface area (TPSA) is 38.1 Å². The van der Waals surface area contributed by atoms with Crippen molar-refractivity contribution in [3.63, 3.8) is 0 Å². The van der Waals surface area contributed by atoms with Gasteiger partial charge in [0.1, 0.15) is 5.88 Å². The Hall–Kier alpha value is -1.03. The van der Waals surface area contributed by atoms with Crippen molar-refractivity contribution in [1.82, 2.24) is 9.78 Å². The summed E-state index contributed by atoms with van der Waals surface area (Å²) in [5, 5.41) is 4.24. The van der Waals surface area contributed by atoms with Crippen LogP contribution in [0.25, 0.3) is 0 Å². The summed E-state index contributed by atoms with van der Waals surface area (Å²) in [4.78, 5) is 12.7. The van der Waals surface area contributed by atoms with Crippen molar-refractivity contribution in [3.8, 4) is 0 Å². The lowest BCUT2D eigenvalue weighted by Gasteiger charge is -2.12. The Bertz CT molecular complexity index is 322. The minimum absolute atomic E-state index is 0.0228. The van der Waals surface area contributed by atoms with E-state index >= 15 is 0 Å². The number of rotatable bonds is 3. The number of nitrogens with zero attached hydrogens (tertiary/aromatic N) is 3. The number of carbonyl (C=O) groups excluding carboxylic acids is 1. The van der Waals surface area contributed by atoms with Crippen LogP contribution >= 0.6 is 11.6 Å². The van der Waals surface area contributed by atoms with Crippen LogP contribution < -0.4 is 4.90 Å². The van der Waals surface area contributed by atoms with E-state index in [0.29, 0.717) is 11.9 Å². The van der Waals surface area contributed by atoms with Gasteiger partial charge >= 0.3 is 0 Å². The number of halogens is 1. The van der Waals surface area contributed by atoms with Gasteiger partial charge < -0.3 is 0 Å². The molecule has 78 valence electrons. The predicted octanol–water partition coefficient (Wildman–Crippen LogP) is 1.67. The Kier molecular flexibility index (Phi) is 3.52. The molecule has 1 aromatic heterocycles. The lowest BCUT2D eigenvalue weighted by molar-refractivity contribution is -0.116. The first-order valence-corrected chi connectivity index (χ1v) is 4.97. The van der Waals surface area contributed by atoms with E-state index in [1.807, 2.05) is 20.0 Å². The van der Waals surface area contributed by atoms with Crippen molar-refractivity contribution < 1.29 is 4.79 Å². The highest BCUT2D eigenvalue weighted by molar-refractivity contribution is 6.29. The van der Waals surface area contributed by atoms with Crippen LogP contribution in [0.5, 0.6) is 0 Å². The van der Waals surface area contributed by atoms with Crippen LogP contribution in [-0.2, 0) is 4.79 Å². The molecular weight excluding hydrogens is 202 g/mol. The second-order valence-corrected chi connectivity index (χ2v) is 3.60. The lowest BCUT2D eigenvalue weighted by Crippen LogP contribution is -2.27. The zero-order chi connectivity index (χ0) is 10.7. The molecule has 0 saturated heterocycles. The molecule has 14 heavy (non-hydrogen) atoms. The van der Waals surface area contributed by atoms with Crippen LogP contribution in [0.3, 0.4) is 0 Å². The summed E-state index contributed by atoms with van der Waals surface area (Å²) in [7, 11) is 1.66. The van der Waals surface area contributed by atoms with Gasteiger partial charge in [-0.15, -0.1) is 11.6 Å². The molecule has 1 aromatic rings. The minimum atomic E-state index is -0.152. The zero-order valence-corrected chi connectivity index (χ0v) is 9.32. The van der Waals surface area contributed by atoms with Gasteiger partial charge in [0, 0.05) is 25.4 Å². The van der Waals surface area contributed by atoms with Crippen LogP contribution in [0.2, 0.25) is 0 Å². The second-order valence-electron chi connectivity index (χ2n) is 3.33. The standard InChI is InChI=1S/C9H14ClN3O/c1-7(2)13-5-4-8(11-13)12(3)9(14)6-10/h4-5,7H,6H2,1-3H3. The van der Waals surface area contributed by atoms with Crippen LogP contribution in [0.15, 0.2) is 12.3 Å². The monoisotopic (exact) mass is 215 g/mol. The molecule has 1 amide bonds. The molecule has 0 radical (unpaired) electrons. The third kappa shape index (κ3) is 2.26. The van der Waals surface area contributed by atoms with Gasteiger partial charge in [-0.25, -0.2) is 0 Å². The number of amides is 1. The first kappa shape index (κ1) is 11.0. The van der Waals surface area contributed by atoms with E-state index in [4.69, 9.17) is 11.6 Å². The van der Waals surface area contributed by atoms with Crippen LogP contribution in [0.1, 0.15) is 19.9 Å². The third-order valence-corrected chi connectivity index (χ3v) is 2.18. The van der Waals surface area contributed by atoms with E-state index < -0.39 is 0 Å². The van der Waals surface area contributed by atoms with E-state index in [2.05, 4.69) is 5.10 Å². The van der Waals surface area contributed by atoms with Gasteiger partial charge in [0.15, 0.2) is 5.82 Å². The van der Waals surface area contributed by atoms with Crippen molar-refractivity contribution in [2.45, 2.75) is 19.9 Å². The van der Waals surface area contributed by atoms with Gasteiger partial charge in [-0.3, -0.25) is 14.4 Å². The summed E-state index contributed by atoms with van der Waals surface area (Å²) in [6.07, 6.45) is 1.85. The number of alkyl halides is 1. The first-order chi connectivity index (χ1) is 6.56. The largest absolute Gasteiger partial charge is 0.297 e. The molecule has 1 heterocycles. The molecule has 0 spiro atoms. The maximum absolute atomic E-state index is 11.2. The summed E-state index contributed by atoms with van der Waals surface area (Å²) < 4.78 is 1.80. The fourth-order valence-electron chi connectivity index (χ4n) is 1.01. The Labute approximate surface area is 88.5 Å². The molecular formula is C9H14ClN3O. The number of aromatic nitrogens is 2. The molecule has 0 bridgehead atoms. The number of anilines is 1. The molecule has 0 aliphatic carbocycles. The normalized spacial score (nSPS) is 10.6. The van der Waals surface area contributed by atoms with E-state index in [-0.39, 0.29) is 11.8 Å². The molecule has 0 unspecified atom stereocenters. The van der Waals surface area contributed by atoms with Crippen molar-refractivity contribution >= 4 is 23.3 Å². The molecule has 1 rings (SSSR count). The highest BCUT2D eigenvalue weighted by Gasteiger charge is 2.12. The van der Waals surface area contributed by atoms with E-state index in [9.17, 15) is 4.79 Å². The highest BCUT2D eigenvalue weighted by Crippen LogP contribution is 2.12. The molecule has 0 aromatic carbocycles. The van der Waals surface area contributed by atoms with Crippen molar-refractivity contribution in [3.05, 3.63) is 12.3 Å². The average molecular weight is 216 g/mol. The highest BCUT2D eigenvalue weighted by atomic mass is 35.5. The molecule has 0 fully saturated rings. The summed E-state index contributed by atoms with van der Waals surface area (Å²) in [5.74, 6) is 0.454. The van der Waals surface area contributed by atoms with Gasteiger partial charge in [-0.1, -0.05) is 0 Å². The number of hydrogen-bond acceptors (Lipinski definition) is 2. The molecule has 0 aliphatic heterocycles. The van der Waals surface area contributed by atoms with E-state index in [1.54, 1.807) is 17.8 Å². The number of carbonyl (C=O) groups is 1. The summed E-state index contributed by atoms with van der Waals surface area (Å²) in [5.41, 5.74) is 0. The Morgan fingerprint density at radius 1 is 1.71 bits per heavy atom. The lowest BCUT2D eigenvalue weighted by atomic mass is 10.4. The van der Waals surface area contributed by atoms with E-state index in [1.165, 1.54) is 4.90 Å². The van der Waals surface area contributed by atoms with Crippen molar-refractivity contribution in [1.29, 1.82) is 0 Å². The molecule has 0 saturated carbocycles. The van der Waals surface area contributed by atoms with E-state index in [0.717, 1.165) is 0 Å². The predicted molar refractivity (Wildman–Crippen MR) is 56.7 cm³/mol. The maximum atomic E-state index is 11.2. The Balaban J connectivity index is 2.81. The molecule has 0 atom stereocenters. The van der Waals surface area contributed by atoms with Gasteiger partial charge in [0.05, 0.1) is 0 Å². The zero-order valence-electron chi connectivity index (χ0n) is 8.57. The SMILES string of the molecule is CC(C)n1ccc(N(C)C(=O)CCl)n1. The fourth-order valence-corrected chi connectivity index (χ4v) is 1.19. The van der Waals surface area contributed by atoms with Crippen LogP contribution in [0.4, 0.5) is 5.82 Å². The van der Waals surface area contributed by atoms with Crippen molar-refractivity contribution in [2.24, 2.45) is 0 Å². The Morgan fingerprint density at radius 3 is 2.79 bits per heavy atom. The minimum Gasteiger partial charge on any atom is -0.297 e. The van der Waals surface area contributed by atoms with Crippen LogP contribution in [0, 0.1) is 0 Å². The van der Waals surface area contributed by atoms with Crippen LogP contribution in [-0.4, -0.2) is 28.6 Å². The smallest absolute Gasteiger partial charge is 0.242 e. The van der Waals surface area contributed by atoms with Gasteiger partial charge in [-0.2, -0.15) is 5.10 Å². The second kappa shape index (κ2) is 4.46. The molecule has 0 N–H and O–H groups in total. The quantitative estimate of drug-likeness (QED) is 0.720. The molecule has 0 aliphatic rings.